The summed E-state index contributed by atoms with van der Waals surface area (Å²) in [5.41, 5.74) is 0. The Labute approximate surface area is 87.9 Å². The fraction of sp³-hybridized carbons (Fsp3) is 0.909. The van der Waals surface area contributed by atoms with E-state index in [4.69, 9.17) is 0 Å². The topological polar surface area (TPSA) is 28.0 Å². The van der Waals surface area contributed by atoms with Crippen LogP contribution in [0.3, 0.4) is 0 Å². The van der Waals surface area contributed by atoms with Crippen molar-refractivity contribution in [2.24, 2.45) is 9.98 Å². The van der Waals surface area contributed by atoms with Crippen molar-refractivity contribution in [3.05, 3.63) is 0 Å². The molecule has 0 saturated heterocycles. The van der Waals surface area contributed by atoms with Gasteiger partial charge in [-0.05, 0) is 40.3 Å². The van der Waals surface area contributed by atoms with Crippen LogP contribution in [0.15, 0.2) is 9.98 Å². The zero-order valence-corrected chi connectivity index (χ0v) is 9.95. The maximum absolute atomic E-state index is 4.09. The molecule has 3 heteroatoms. The molecular formula is C11H23N3. The molecule has 3 nitrogen and oxygen atoms in total. The molecule has 0 aliphatic rings. The number of hydrogen-bond donors (Lipinski definition) is 0. The second-order valence-electron chi connectivity index (χ2n) is 3.62. The van der Waals surface area contributed by atoms with E-state index in [1.807, 2.05) is 6.92 Å². The third-order valence-corrected chi connectivity index (χ3v) is 2.31. The van der Waals surface area contributed by atoms with Gasteiger partial charge in [0.25, 0.3) is 0 Å². The van der Waals surface area contributed by atoms with Crippen LogP contribution in [0.2, 0.25) is 0 Å². The van der Waals surface area contributed by atoms with Crippen LogP contribution in [0.25, 0.3) is 0 Å². The van der Waals surface area contributed by atoms with Crippen LogP contribution in [-0.4, -0.2) is 44.1 Å². The van der Waals surface area contributed by atoms with Gasteiger partial charge in [0.1, 0.15) is 0 Å². The molecule has 0 aliphatic carbocycles. The Morgan fingerprint density at radius 3 is 2.43 bits per heavy atom. The second-order valence-corrected chi connectivity index (χ2v) is 3.62. The second kappa shape index (κ2) is 8.92. The fourth-order valence-electron chi connectivity index (χ4n) is 1.40. The summed E-state index contributed by atoms with van der Waals surface area (Å²) in [6, 6.07) is 3.38. The highest BCUT2D eigenvalue weighted by Gasteiger charge is 2.06. The fourth-order valence-corrected chi connectivity index (χ4v) is 1.40. The molecule has 82 valence electrons. The molecule has 1 atom stereocenters. The van der Waals surface area contributed by atoms with Crippen molar-refractivity contribution in [2.45, 2.75) is 39.2 Å². The van der Waals surface area contributed by atoms with Crippen LogP contribution < -0.4 is 0 Å². The Balaban J connectivity index is 3.56. The molecule has 0 amide bonds. The van der Waals surface area contributed by atoms with Crippen molar-refractivity contribution < 1.29 is 0 Å². The van der Waals surface area contributed by atoms with E-state index in [9.17, 15) is 0 Å². The average molecular weight is 197 g/mol. The number of hydrogen-bond acceptors (Lipinski definition) is 3. The maximum Gasteiger partial charge on any atom is 0.0892 e. The summed E-state index contributed by atoms with van der Waals surface area (Å²) in [5, 5.41) is 0. The van der Waals surface area contributed by atoms with Crippen LogP contribution >= 0.6 is 0 Å². The van der Waals surface area contributed by atoms with Crippen molar-refractivity contribution in [3.63, 3.8) is 0 Å². The lowest BCUT2D eigenvalue weighted by Crippen LogP contribution is -2.27. The maximum atomic E-state index is 4.09. The molecule has 0 spiro atoms. The summed E-state index contributed by atoms with van der Waals surface area (Å²) in [4.78, 5) is 10.3. The van der Waals surface area contributed by atoms with Gasteiger partial charge in [0.15, 0.2) is 0 Å². The van der Waals surface area contributed by atoms with Gasteiger partial charge in [0, 0.05) is 19.1 Å². The van der Waals surface area contributed by atoms with Gasteiger partial charge in [0.05, 0.1) is 6.01 Å². The highest BCUT2D eigenvalue weighted by atomic mass is 15.1. The van der Waals surface area contributed by atoms with Crippen molar-refractivity contribution in [2.75, 3.05) is 27.2 Å². The molecule has 0 heterocycles. The van der Waals surface area contributed by atoms with Gasteiger partial charge in [0.2, 0.25) is 0 Å². The van der Waals surface area contributed by atoms with Gasteiger partial charge in [-0.3, -0.25) is 0 Å². The zero-order chi connectivity index (χ0) is 10.8. The molecule has 0 aromatic rings. The first-order valence-corrected chi connectivity index (χ1v) is 5.46. The first-order valence-electron chi connectivity index (χ1n) is 5.46. The van der Waals surface area contributed by atoms with Crippen molar-refractivity contribution in [1.29, 1.82) is 0 Å². The van der Waals surface area contributed by atoms with Crippen LogP contribution in [0.4, 0.5) is 0 Å². The molecule has 0 fully saturated rings. The Kier molecular flexibility index (Phi) is 8.50. The molecule has 0 aromatic carbocycles. The predicted molar refractivity (Wildman–Crippen MR) is 62.3 cm³/mol. The minimum atomic E-state index is 0.688. The van der Waals surface area contributed by atoms with E-state index < -0.39 is 0 Å². The first kappa shape index (κ1) is 13.3. The molecule has 1 unspecified atom stereocenters. The molecular weight excluding hydrogens is 174 g/mol. The van der Waals surface area contributed by atoms with Gasteiger partial charge in [-0.2, -0.15) is 0 Å². The van der Waals surface area contributed by atoms with E-state index in [-0.39, 0.29) is 0 Å². The van der Waals surface area contributed by atoms with E-state index >= 15 is 0 Å². The highest BCUT2D eigenvalue weighted by molar-refractivity contribution is 5.40. The Morgan fingerprint density at radius 2 is 1.93 bits per heavy atom. The quantitative estimate of drug-likeness (QED) is 0.454. The Hall–Kier alpha value is -0.660. The zero-order valence-electron chi connectivity index (χ0n) is 9.95. The largest absolute Gasteiger partial charge is 0.306 e. The minimum absolute atomic E-state index is 0.688. The molecule has 14 heavy (non-hydrogen) atoms. The van der Waals surface area contributed by atoms with Crippen LogP contribution in [0, 0.1) is 0 Å². The average Bonchev–Trinajstić information content (AvgIpc) is 2.16. The minimum Gasteiger partial charge on any atom is -0.306 e. The molecule has 0 bridgehead atoms. The van der Waals surface area contributed by atoms with E-state index in [1.165, 1.54) is 12.8 Å². The van der Waals surface area contributed by atoms with Gasteiger partial charge in [-0.1, -0.05) is 6.92 Å². The van der Waals surface area contributed by atoms with Crippen LogP contribution in [0.1, 0.15) is 33.1 Å². The Bertz CT molecular complexity index is 181. The molecule has 0 rings (SSSR count). The summed E-state index contributed by atoms with van der Waals surface area (Å²) >= 11 is 0. The number of aliphatic imine (C=N–C) groups is 2. The molecule has 0 radical (unpaired) electrons. The molecule has 0 N–H and O–H groups in total. The summed E-state index contributed by atoms with van der Waals surface area (Å²) in [5.74, 6) is 0. The van der Waals surface area contributed by atoms with E-state index in [0.29, 0.717) is 6.04 Å². The lowest BCUT2D eigenvalue weighted by Gasteiger charge is -2.22. The van der Waals surface area contributed by atoms with E-state index in [2.05, 4.69) is 41.9 Å². The smallest absolute Gasteiger partial charge is 0.0892 e. The lowest BCUT2D eigenvalue weighted by atomic mass is 10.1. The number of nitrogens with zero attached hydrogens (tertiary/aromatic N) is 3. The first-order chi connectivity index (χ1) is 6.72. The lowest BCUT2D eigenvalue weighted by molar-refractivity contribution is 0.268. The molecule has 0 saturated carbocycles. The SMILES string of the molecule is CCN=C=NCCCC(CC)N(C)C. The third-order valence-electron chi connectivity index (χ3n) is 2.31. The summed E-state index contributed by atoms with van der Waals surface area (Å²) < 4.78 is 0. The highest BCUT2D eigenvalue weighted by Crippen LogP contribution is 2.06. The van der Waals surface area contributed by atoms with Crippen molar-refractivity contribution in [1.82, 2.24) is 4.90 Å². The van der Waals surface area contributed by atoms with Gasteiger partial charge < -0.3 is 4.90 Å². The molecule has 0 aromatic heterocycles. The molecule has 0 aliphatic heterocycles. The summed E-state index contributed by atoms with van der Waals surface area (Å²) in [6.45, 7) is 5.85. The van der Waals surface area contributed by atoms with E-state index in [1.54, 1.807) is 0 Å². The summed E-state index contributed by atoms with van der Waals surface area (Å²) in [7, 11) is 4.27. The van der Waals surface area contributed by atoms with Gasteiger partial charge >= 0.3 is 0 Å². The Morgan fingerprint density at radius 1 is 1.21 bits per heavy atom. The monoisotopic (exact) mass is 197 g/mol. The van der Waals surface area contributed by atoms with Crippen molar-refractivity contribution >= 4 is 6.01 Å². The van der Waals surface area contributed by atoms with Crippen molar-refractivity contribution in [3.8, 4) is 0 Å². The third kappa shape index (κ3) is 6.81. The van der Waals surface area contributed by atoms with Crippen LogP contribution in [0.5, 0.6) is 0 Å². The van der Waals surface area contributed by atoms with Crippen LogP contribution in [-0.2, 0) is 0 Å². The normalized spacial score (nSPS) is 12.4. The van der Waals surface area contributed by atoms with E-state index in [0.717, 1.165) is 19.5 Å². The number of rotatable bonds is 7. The summed E-state index contributed by atoms with van der Waals surface area (Å²) in [6.07, 6.45) is 3.55. The standard InChI is InChI=1S/C11H23N3/c1-5-11(14(3)4)8-7-9-13-10-12-6-2/h11H,5-9H2,1-4H3. The van der Waals surface area contributed by atoms with Gasteiger partial charge in [-0.25, -0.2) is 9.98 Å². The van der Waals surface area contributed by atoms with Gasteiger partial charge in [-0.15, -0.1) is 0 Å². The predicted octanol–water partition coefficient (Wildman–Crippen LogP) is 2.30.